The Labute approximate surface area is 285 Å². The lowest BCUT2D eigenvalue weighted by Crippen LogP contribution is -2.20. The van der Waals surface area contributed by atoms with Crippen LogP contribution in [0.1, 0.15) is 18.1 Å². The van der Waals surface area contributed by atoms with Crippen LogP contribution in [0, 0.1) is 3.57 Å². The second-order valence-electron chi connectivity index (χ2n) is 9.39. The first kappa shape index (κ1) is 30.0. The van der Waals surface area contributed by atoms with Crippen molar-refractivity contribution in [3.8, 4) is 23.1 Å². The quantitative estimate of drug-likeness (QED) is 0.113. The van der Waals surface area contributed by atoms with Crippen LogP contribution in [0.3, 0.4) is 0 Å². The molecular weight excluding hydrogens is 857 g/mol. The highest BCUT2D eigenvalue weighted by atomic mass is 127. The normalized spacial score (nSPS) is 11.6. The van der Waals surface area contributed by atoms with E-state index in [1.165, 1.54) is 4.68 Å². The standard InChI is InChI=1S/C32H21Br3IN3O4/c1-2-41-28-12-18(11-25(36)30(28)42-17-19-7-8-22(34)15-24(19)35)16-37-39-31(38-26-6-4-3-5-23(26)32(39)40)29-14-20-13-21(33)9-10-27(20)43-29/h3-16H,2,17H2,1H3. The van der Waals surface area contributed by atoms with E-state index in [-0.39, 0.29) is 5.56 Å². The summed E-state index contributed by atoms with van der Waals surface area (Å²) in [7, 11) is 0. The van der Waals surface area contributed by atoms with Crippen LogP contribution in [0.15, 0.2) is 107 Å². The SMILES string of the molecule is CCOc1cc(C=Nn2c(-c3cc4cc(Br)ccc4o3)nc3ccccc3c2=O)cc(I)c1OCc1ccc(Br)cc1Br. The second kappa shape index (κ2) is 12.9. The zero-order valence-electron chi connectivity index (χ0n) is 22.5. The maximum atomic E-state index is 13.7. The number of para-hydroxylation sites is 1. The average molecular weight is 878 g/mol. The van der Waals surface area contributed by atoms with Crippen LogP contribution >= 0.6 is 70.4 Å². The summed E-state index contributed by atoms with van der Waals surface area (Å²) in [5.74, 6) is 1.94. The molecule has 7 nitrogen and oxygen atoms in total. The topological polar surface area (TPSA) is 78.9 Å². The Balaban J connectivity index is 1.40. The lowest BCUT2D eigenvalue weighted by Gasteiger charge is -2.15. The Morgan fingerprint density at radius 2 is 1.77 bits per heavy atom. The molecule has 0 saturated carbocycles. The number of ether oxygens (including phenoxy) is 2. The van der Waals surface area contributed by atoms with Gasteiger partial charge in [-0.3, -0.25) is 4.79 Å². The molecule has 11 heteroatoms. The summed E-state index contributed by atoms with van der Waals surface area (Å²) in [6.45, 7) is 2.73. The van der Waals surface area contributed by atoms with Gasteiger partial charge in [-0.1, -0.05) is 66.0 Å². The van der Waals surface area contributed by atoms with Crippen molar-refractivity contribution in [3.63, 3.8) is 0 Å². The number of furan rings is 1. The first-order chi connectivity index (χ1) is 20.8. The Kier molecular flexibility index (Phi) is 9.03. The Morgan fingerprint density at radius 1 is 0.977 bits per heavy atom. The molecule has 6 aromatic rings. The van der Waals surface area contributed by atoms with Crippen molar-refractivity contribution in [2.24, 2.45) is 5.10 Å². The summed E-state index contributed by atoms with van der Waals surface area (Å²) in [6, 6.07) is 24.5. The summed E-state index contributed by atoms with van der Waals surface area (Å²) >= 11 is 12.8. The third-order valence-corrected chi connectivity index (χ3v) is 9.02. The number of hydrogen-bond acceptors (Lipinski definition) is 6. The monoisotopic (exact) mass is 875 g/mol. The van der Waals surface area contributed by atoms with Gasteiger partial charge < -0.3 is 13.9 Å². The minimum absolute atomic E-state index is 0.298. The van der Waals surface area contributed by atoms with Gasteiger partial charge in [-0.15, -0.1) is 0 Å². The molecule has 2 aromatic heterocycles. The van der Waals surface area contributed by atoms with E-state index in [4.69, 9.17) is 18.9 Å². The lowest BCUT2D eigenvalue weighted by molar-refractivity contribution is 0.267. The van der Waals surface area contributed by atoms with E-state index in [1.807, 2.05) is 67.6 Å². The lowest BCUT2D eigenvalue weighted by atomic mass is 10.2. The Bertz CT molecular complexity index is 2090. The van der Waals surface area contributed by atoms with Crippen LogP contribution in [-0.4, -0.2) is 22.5 Å². The molecular formula is C32H21Br3IN3O4. The molecule has 0 unspecified atom stereocenters. The van der Waals surface area contributed by atoms with E-state index in [0.717, 1.165) is 33.5 Å². The first-order valence-electron chi connectivity index (χ1n) is 13.1. The van der Waals surface area contributed by atoms with Gasteiger partial charge in [0, 0.05) is 24.4 Å². The smallest absolute Gasteiger partial charge is 0.282 e. The fourth-order valence-electron chi connectivity index (χ4n) is 4.49. The number of aromatic nitrogens is 2. The Morgan fingerprint density at radius 3 is 2.58 bits per heavy atom. The van der Waals surface area contributed by atoms with Gasteiger partial charge in [-0.05, 0) is 95.7 Å². The average Bonchev–Trinajstić information content (AvgIpc) is 3.40. The van der Waals surface area contributed by atoms with Crippen LogP contribution in [0.25, 0.3) is 33.5 Å². The van der Waals surface area contributed by atoms with Crippen LogP contribution in [0.5, 0.6) is 11.5 Å². The molecule has 43 heavy (non-hydrogen) atoms. The summed E-state index contributed by atoms with van der Waals surface area (Å²) < 4.78 is 23.2. The maximum Gasteiger partial charge on any atom is 0.282 e. The molecule has 0 aliphatic heterocycles. The Hall–Kier alpha value is -3.00. The van der Waals surface area contributed by atoms with E-state index in [0.29, 0.717) is 52.8 Å². The number of nitrogens with zero attached hydrogens (tertiary/aromatic N) is 3. The van der Waals surface area contributed by atoms with Gasteiger partial charge in [0.05, 0.1) is 27.3 Å². The predicted octanol–water partition coefficient (Wildman–Crippen LogP) is 9.56. The van der Waals surface area contributed by atoms with Crippen molar-refractivity contribution in [2.45, 2.75) is 13.5 Å². The highest BCUT2D eigenvalue weighted by molar-refractivity contribution is 14.1. The van der Waals surface area contributed by atoms with Gasteiger partial charge >= 0.3 is 0 Å². The number of fused-ring (bicyclic) bond motifs is 2. The van der Waals surface area contributed by atoms with Crippen LogP contribution < -0.4 is 15.0 Å². The van der Waals surface area contributed by atoms with E-state index >= 15 is 0 Å². The van der Waals surface area contributed by atoms with E-state index in [2.05, 4.69) is 75.5 Å². The molecule has 0 N–H and O–H groups in total. The van der Waals surface area contributed by atoms with E-state index in [9.17, 15) is 4.79 Å². The van der Waals surface area contributed by atoms with Gasteiger partial charge in [0.15, 0.2) is 17.3 Å². The number of halogens is 4. The first-order valence-corrected chi connectivity index (χ1v) is 16.5. The molecule has 0 fully saturated rings. The highest BCUT2D eigenvalue weighted by Gasteiger charge is 2.18. The zero-order valence-corrected chi connectivity index (χ0v) is 29.4. The molecule has 0 saturated heterocycles. The van der Waals surface area contributed by atoms with Crippen molar-refractivity contribution in [3.05, 3.63) is 117 Å². The van der Waals surface area contributed by atoms with Crippen molar-refractivity contribution < 1.29 is 13.9 Å². The summed E-state index contributed by atoms with van der Waals surface area (Å²) in [6.07, 6.45) is 1.61. The molecule has 216 valence electrons. The van der Waals surface area contributed by atoms with Crippen molar-refractivity contribution >= 4 is 98.5 Å². The highest BCUT2D eigenvalue weighted by Crippen LogP contribution is 2.35. The minimum atomic E-state index is -0.307. The van der Waals surface area contributed by atoms with Crippen LogP contribution in [0.4, 0.5) is 0 Å². The summed E-state index contributed by atoms with van der Waals surface area (Å²) in [5, 5.41) is 5.94. The molecule has 0 radical (unpaired) electrons. The minimum Gasteiger partial charge on any atom is -0.490 e. The van der Waals surface area contributed by atoms with Crippen LogP contribution in [-0.2, 0) is 6.61 Å². The summed E-state index contributed by atoms with van der Waals surface area (Å²) in [5.41, 5.74) is 2.66. The fourth-order valence-corrected chi connectivity index (χ4v) is 6.81. The maximum absolute atomic E-state index is 13.7. The molecule has 0 spiro atoms. The molecule has 0 aliphatic rings. The number of rotatable bonds is 8. The molecule has 2 heterocycles. The number of benzene rings is 4. The van der Waals surface area contributed by atoms with E-state index in [1.54, 1.807) is 24.4 Å². The van der Waals surface area contributed by atoms with Crippen molar-refractivity contribution in [1.82, 2.24) is 9.66 Å². The molecule has 0 atom stereocenters. The number of hydrogen-bond donors (Lipinski definition) is 0. The molecule has 0 amide bonds. The van der Waals surface area contributed by atoms with Crippen molar-refractivity contribution in [2.75, 3.05) is 6.61 Å². The molecule has 0 aliphatic carbocycles. The van der Waals surface area contributed by atoms with Crippen LogP contribution in [0.2, 0.25) is 0 Å². The molecule has 4 aromatic carbocycles. The second-order valence-corrected chi connectivity index (χ2v) is 13.2. The fraction of sp³-hybridized carbons (Fsp3) is 0.0938. The van der Waals surface area contributed by atoms with Crippen molar-refractivity contribution in [1.29, 1.82) is 0 Å². The third-order valence-electron chi connectivity index (χ3n) is 6.49. The largest absolute Gasteiger partial charge is 0.490 e. The summed E-state index contributed by atoms with van der Waals surface area (Å²) in [4.78, 5) is 18.5. The van der Waals surface area contributed by atoms with E-state index < -0.39 is 0 Å². The molecule has 6 rings (SSSR count). The van der Waals surface area contributed by atoms with Gasteiger partial charge in [-0.2, -0.15) is 9.78 Å². The van der Waals surface area contributed by atoms with Gasteiger partial charge in [0.2, 0.25) is 5.82 Å². The molecule has 0 bridgehead atoms. The predicted molar refractivity (Wildman–Crippen MR) is 188 cm³/mol. The third kappa shape index (κ3) is 6.45. The van der Waals surface area contributed by atoms with Gasteiger partial charge in [0.25, 0.3) is 5.56 Å². The van der Waals surface area contributed by atoms with Gasteiger partial charge in [0.1, 0.15) is 12.2 Å². The zero-order chi connectivity index (χ0) is 30.1. The van der Waals surface area contributed by atoms with Gasteiger partial charge in [-0.25, -0.2) is 4.98 Å².